The van der Waals surface area contributed by atoms with E-state index in [-0.39, 0.29) is 16.7 Å². The fraction of sp³-hybridized carbons (Fsp3) is 0.455. The Balaban J connectivity index is 1.49. The molecule has 4 heterocycles. The van der Waals surface area contributed by atoms with Gasteiger partial charge in [0.15, 0.2) is 0 Å². The van der Waals surface area contributed by atoms with Crippen molar-refractivity contribution < 1.29 is 4.74 Å². The summed E-state index contributed by atoms with van der Waals surface area (Å²) < 4.78 is 9.53. The maximum absolute atomic E-state index is 12.4. The highest BCUT2D eigenvalue weighted by molar-refractivity contribution is 6.33. The molecule has 0 spiro atoms. The Bertz CT molecular complexity index is 1160. The minimum Gasteiger partial charge on any atom is -0.488 e. The van der Waals surface area contributed by atoms with E-state index in [9.17, 15) is 4.79 Å². The molecule has 1 fully saturated rings. The Morgan fingerprint density at radius 3 is 2.84 bits per heavy atom. The first-order valence-electron chi connectivity index (χ1n) is 10.5. The summed E-state index contributed by atoms with van der Waals surface area (Å²) in [5, 5.41) is 8.97. The van der Waals surface area contributed by atoms with Gasteiger partial charge < -0.3 is 9.64 Å². The molecule has 3 aromatic rings. The predicted molar refractivity (Wildman–Crippen MR) is 121 cm³/mol. The second-order valence-electron chi connectivity index (χ2n) is 7.89. The van der Waals surface area contributed by atoms with Gasteiger partial charge in [-0.1, -0.05) is 18.5 Å². The highest BCUT2D eigenvalue weighted by atomic mass is 35.5. The van der Waals surface area contributed by atoms with Crippen molar-refractivity contribution >= 4 is 17.3 Å². The molecule has 0 saturated carbocycles. The molecule has 1 saturated heterocycles. The van der Waals surface area contributed by atoms with Crippen LogP contribution in [0.15, 0.2) is 29.3 Å². The van der Waals surface area contributed by atoms with Crippen molar-refractivity contribution in [3.05, 3.63) is 51.3 Å². The van der Waals surface area contributed by atoms with Crippen molar-refractivity contribution in [2.75, 3.05) is 18.0 Å². The lowest BCUT2D eigenvalue weighted by Crippen LogP contribution is -2.29. The number of anilines is 1. The van der Waals surface area contributed by atoms with Crippen LogP contribution in [-0.2, 0) is 13.6 Å². The van der Waals surface area contributed by atoms with Crippen LogP contribution in [0.1, 0.15) is 31.2 Å². The first kappa shape index (κ1) is 21.4. The summed E-state index contributed by atoms with van der Waals surface area (Å²) in [5.74, 6) is 0.766. The lowest BCUT2D eigenvalue weighted by molar-refractivity contribution is 0.225. The maximum Gasteiger partial charge on any atom is 0.287 e. The molecule has 164 valence electrons. The first-order valence-corrected chi connectivity index (χ1v) is 10.9. The van der Waals surface area contributed by atoms with E-state index >= 15 is 0 Å². The Morgan fingerprint density at radius 1 is 1.32 bits per heavy atom. The van der Waals surface area contributed by atoms with E-state index in [2.05, 4.69) is 20.1 Å². The summed E-state index contributed by atoms with van der Waals surface area (Å²) in [5.41, 5.74) is 4.31. The molecule has 0 bridgehead atoms. The molecule has 31 heavy (non-hydrogen) atoms. The van der Waals surface area contributed by atoms with E-state index in [0.717, 1.165) is 47.8 Å². The molecule has 0 amide bonds. The second kappa shape index (κ2) is 8.70. The van der Waals surface area contributed by atoms with E-state index in [1.807, 2.05) is 44.6 Å². The highest BCUT2D eigenvalue weighted by Crippen LogP contribution is 2.30. The number of rotatable bonds is 6. The van der Waals surface area contributed by atoms with Crippen LogP contribution in [-0.4, -0.2) is 43.7 Å². The van der Waals surface area contributed by atoms with Crippen LogP contribution in [0.5, 0.6) is 5.75 Å². The van der Waals surface area contributed by atoms with Crippen LogP contribution in [0.25, 0.3) is 11.3 Å². The molecule has 1 aliphatic rings. The molecule has 8 nitrogen and oxygen atoms in total. The van der Waals surface area contributed by atoms with E-state index in [4.69, 9.17) is 16.3 Å². The van der Waals surface area contributed by atoms with E-state index in [1.54, 1.807) is 12.4 Å². The molecule has 4 rings (SSSR count). The maximum atomic E-state index is 12.4. The molecule has 0 radical (unpaired) electrons. The molecule has 3 aromatic heterocycles. The van der Waals surface area contributed by atoms with Crippen LogP contribution in [0, 0.1) is 13.8 Å². The number of pyridine rings is 1. The van der Waals surface area contributed by atoms with Gasteiger partial charge in [-0.2, -0.15) is 10.2 Å². The number of halogens is 1. The molecule has 1 atom stereocenters. The molecule has 0 unspecified atom stereocenters. The monoisotopic (exact) mass is 442 g/mol. The number of aromatic nitrogens is 5. The van der Waals surface area contributed by atoms with Crippen LogP contribution >= 0.6 is 11.6 Å². The van der Waals surface area contributed by atoms with Gasteiger partial charge in [-0.15, -0.1) is 0 Å². The summed E-state index contributed by atoms with van der Waals surface area (Å²) in [4.78, 5) is 19.0. The lowest BCUT2D eigenvalue weighted by Gasteiger charge is -2.20. The average molecular weight is 443 g/mol. The Hall–Kier alpha value is -2.87. The van der Waals surface area contributed by atoms with Gasteiger partial charge in [-0.25, -0.2) is 4.68 Å². The van der Waals surface area contributed by atoms with Gasteiger partial charge >= 0.3 is 0 Å². The van der Waals surface area contributed by atoms with Gasteiger partial charge in [0.25, 0.3) is 5.56 Å². The summed E-state index contributed by atoms with van der Waals surface area (Å²) >= 11 is 6.37. The van der Waals surface area contributed by atoms with E-state index in [0.29, 0.717) is 18.8 Å². The van der Waals surface area contributed by atoms with Crippen molar-refractivity contribution in [1.82, 2.24) is 24.5 Å². The third-order valence-electron chi connectivity index (χ3n) is 5.69. The van der Waals surface area contributed by atoms with E-state index < -0.39 is 0 Å². The molecule has 1 aliphatic heterocycles. The van der Waals surface area contributed by atoms with Gasteiger partial charge in [-0.3, -0.25) is 14.5 Å². The predicted octanol–water partition coefficient (Wildman–Crippen LogP) is 3.38. The molecule has 0 aromatic carbocycles. The van der Waals surface area contributed by atoms with Crippen molar-refractivity contribution in [2.45, 2.75) is 46.3 Å². The Labute approximate surface area is 186 Å². The molecule has 0 N–H and O–H groups in total. The number of aryl methyl sites for hydroxylation is 3. The number of hydrogen-bond acceptors (Lipinski definition) is 6. The third kappa shape index (κ3) is 4.17. The fourth-order valence-electron chi connectivity index (χ4n) is 4.05. The van der Waals surface area contributed by atoms with Crippen molar-refractivity contribution in [2.24, 2.45) is 7.05 Å². The van der Waals surface area contributed by atoms with Gasteiger partial charge in [0, 0.05) is 50.1 Å². The molecule has 0 aliphatic carbocycles. The van der Waals surface area contributed by atoms with Crippen molar-refractivity contribution in [3.63, 3.8) is 0 Å². The zero-order valence-corrected chi connectivity index (χ0v) is 19.1. The largest absolute Gasteiger partial charge is 0.488 e. The fourth-order valence-corrected chi connectivity index (χ4v) is 4.31. The zero-order chi connectivity index (χ0) is 22.1. The summed E-state index contributed by atoms with van der Waals surface area (Å²) in [7, 11) is 1.93. The van der Waals surface area contributed by atoms with E-state index in [1.165, 1.54) is 4.68 Å². The second-order valence-corrected chi connectivity index (χ2v) is 8.27. The van der Waals surface area contributed by atoms with Gasteiger partial charge in [0.1, 0.15) is 16.9 Å². The smallest absolute Gasteiger partial charge is 0.287 e. The third-order valence-corrected chi connectivity index (χ3v) is 6.04. The molecular weight excluding hydrogens is 416 g/mol. The standard InChI is InChI=1S/C22H27ClN6O2/c1-5-9-29-22(30)21(23)19(12-25-29)28-10-7-17(13-28)31-16-6-8-24-18(11-16)20-14(2)26-27(4)15(20)3/h6,8,11-12,17H,5,7,9-10,13H2,1-4H3/t17-/m1/s1. The normalized spacial score (nSPS) is 16.2. The summed E-state index contributed by atoms with van der Waals surface area (Å²) in [6.07, 6.45) is 5.09. The summed E-state index contributed by atoms with van der Waals surface area (Å²) in [6, 6.07) is 3.83. The summed E-state index contributed by atoms with van der Waals surface area (Å²) in [6.45, 7) is 7.97. The minimum absolute atomic E-state index is 0.0134. The number of nitrogens with zero attached hydrogens (tertiary/aromatic N) is 6. The van der Waals surface area contributed by atoms with Gasteiger partial charge in [0.05, 0.1) is 29.8 Å². The quantitative estimate of drug-likeness (QED) is 0.582. The Morgan fingerprint density at radius 2 is 2.13 bits per heavy atom. The van der Waals surface area contributed by atoms with Crippen molar-refractivity contribution in [1.29, 1.82) is 0 Å². The lowest BCUT2D eigenvalue weighted by atomic mass is 10.1. The number of ether oxygens (including phenoxy) is 1. The van der Waals surface area contributed by atoms with Crippen LogP contribution in [0.3, 0.4) is 0 Å². The highest BCUT2D eigenvalue weighted by Gasteiger charge is 2.27. The molecule has 9 heteroatoms. The van der Waals surface area contributed by atoms with Crippen LogP contribution in [0.2, 0.25) is 5.02 Å². The Kier molecular flexibility index (Phi) is 6.00. The topological polar surface area (TPSA) is 78.1 Å². The SMILES string of the molecule is CCCn1ncc(N2CC[C@@H](Oc3ccnc(-c4c(C)nn(C)c4C)c3)C2)c(Cl)c1=O. The molecular formula is C22H27ClN6O2. The zero-order valence-electron chi connectivity index (χ0n) is 18.3. The van der Waals surface area contributed by atoms with Gasteiger partial charge in [0.2, 0.25) is 0 Å². The van der Waals surface area contributed by atoms with Crippen LogP contribution < -0.4 is 15.2 Å². The van der Waals surface area contributed by atoms with Gasteiger partial charge in [-0.05, 0) is 26.3 Å². The average Bonchev–Trinajstić information content (AvgIpc) is 3.29. The minimum atomic E-state index is -0.244. The van der Waals surface area contributed by atoms with Crippen molar-refractivity contribution in [3.8, 4) is 17.0 Å². The number of hydrogen-bond donors (Lipinski definition) is 0. The van der Waals surface area contributed by atoms with Crippen LogP contribution in [0.4, 0.5) is 5.69 Å². The first-order chi connectivity index (χ1) is 14.9.